The first-order valence-electron chi connectivity index (χ1n) is 11.2. The molecule has 174 valence electrons. The number of hydrogen-bond donors (Lipinski definition) is 0. The Kier molecular flexibility index (Phi) is 7.20. The molecule has 0 saturated carbocycles. The highest BCUT2D eigenvalue weighted by Crippen LogP contribution is 2.38. The molecule has 0 spiro atoms. The maximum absolute atomic E-state index is 13.3. The largest absolute Gasteiger partial charge is 0.461 e. The minimum atomic E-state index is -0.520. The molecule has 1 aliphatic heterocycles. The fourth-order valence-corrected chi connectivity index (χ4v) is 5.83. The van der Waals surface area contributed by atoms with E-state index in [1.807, 2.05) is 62.5 Å². The number of ether oxygens (including phenoxy) is 2. The van der Waals surface area contributed by atoms with E-state index in [2.05, 4.69) is 18.2 Å². The highest BCUT2D eigenvalue weighted by Gasteiger charge is 2.32. The van der Waals surface area contributed by atoms with E-state index >= 15 is 0 Å². The Morgan fingerprint density at radius 3 is 2.33 bits per heavy atom. The molecule has 1 aliphatic rings. The van der Waals surface area contributed by atoms with Gasteiger partial charge in [0.05, 0.1) is 0 Å². The summed E-state index contributed by atoms with van der Waals surface area (Å²) in [5.74, 6) is -0.661. The van der Waals surface area contributed by atoms with Crippen LogP contribution in [-0.4, -0.2) is 41.8 Å². The molecule has 7 heteroatoms. The van der Waals surface area contributed by atoms with Gasteiger partial charge >= 0.3 is 12.1 Å². The summed E-state index contributed by atoms with van der Waals surface area (Å²) in [4.78, 5) is 30.4. The number of amides is 1. The van der Waals surface area contributed by atoms with Crippen LogP contribution in [0.15, 0.2) is 60.0 Å². The Hall–Kier alpha value is -2.64. The van der Waals surface area contributed by atoms with E-state index in [0.717, 1.165) is 20.2 Å². The summed E-state index contributed by atoms with van der Waals surface area (Å²) in [7, 11) is 0. The zero-order chi connectivity index (χ0) is 23.4. The van der Waals surface area contributed by atoms with Gasteiger partial charge < -0.3 is 14.4 Å². The summed E-state index contributed by atoms with van der Waals surface area (Å²) in [6, 6.07) is 18.2. The van der Waals surface area contributed by atoms with E-state index in [4.69, 9.17) is 9.47 Å². The van der Waals surface area contributed by atoms with Crippen LogP contribution < -0.4 is 0 Å². The summed E-state index contributed by atoms with van der Waals surface area (Å²) < 4.78 is 11.4. The third kappa shape index (κ3) is 6.03. The van der Waals surface area contributed by atoms with Gasteiger partial charge in [-0.05, 0) is 49.9 Å². The number of thiophene rings is 2. The fraction of sp³-hybridized carbons (Fsp3) is 0.385. The number of piperidine rings is 1. The number of nitrogens with zero attached hydrogens (tertiary/aromatic N) is 1. The van der Waals surface area contributed by atoms with E-state index in [1.54, 1.807) is 27.6 Å². The average molecular weight is 484 g/mol. The van der Waals surface area contributed by atoms with Gasteiger partial charge in [-0.25, -0.2) is 4.79 Å². The second kappa shape index (κ2) is 10.1. The molecule has 0 N–H and O–H groups in total. The average Bonchev–Trinajstić information content (AvgIpc) is 3.47. The van der Waals surface area contributed by atoms with Crippen molar-refractivity contribution >= 4 is 34.7 Å². The molecule has 33 heavy (non-hydrogen) atoms. The molecule has 1 fully saturated rings. The molecule has 1 amide bonds. The lowest BCUT2D eigenvalue weighted by Crippen LogP contribution is -2.44. The van der Waals surface area contributed by atoms with Crippen molar-refractivity contribution in [1.82, 2.24) is 4.90 Å². The van der Waals surface area contributed by atoms with Crippen LogP contribution in [0.5, 0.6) is 0 Å². The van der Waals surface area contributed by atoms with Crippen LogP contribution in [0, 0.1) is 0 Å². The van der Waals surface area contributed by atoms with E-state index in [1.165, 1.54) is 0 Å². The minimum absolute atomic E-state index is 0.202. The second-order valence-corrected chi connectivity index (χ2v) is 11.2. The van der Waals surface area contributed by atoms with E-state index in [0.29, 0.717) is 25.9 Å². The van der Waals surface area contributed by atoms with Crippen LogP contribution in [0.1, 0.15) is 49.3 Å². The number of rotatable bonds is 5. The van der Waals surface area contributed by atoms with Gasteiger partial charge in [0.15, 0.2) is 0 Å². The number of benzene rings is 1. The van der Waals surface area contributed by atoms with E-state index in [-0.39, 0.29) is 18.2 Å². The van der Waals surface area contributed by atoms with Gasteiger partial charge in [0.2, 0.25) is 0 Å². The summed E-state index contributed by atoms with van der Waals surface area (Å²) in [6.07, 6.45) is 0.715. The number of esters is 1. The highest BCUT2D eigenvalue weighted by molar-refractivity contribution is 7.16. The lowest BCUT2D eigenvalue weighted by Gasteiger charge is -2.33. The van der Waals surface area contributed by atoms with Crippen LogP contribution in [0.2, 0.25) is 0 Å². The van der Waals surface area contributed by atoms with Crippen LogP contribution in [-0.2, 0) is 14.3 Å². The number of likely N-dealkylation sites (tertiary alicyclic amines) is 1. The third-order valence-corrected chi connectivity index (χ3v) is 7.55. The van der Waals surface area contributed by atoms with Gasteiger partial charge in [-0.1, -0.05) is 36.4 Å². The Balaban J connectivity index is 1.43. The molecule has 1 saturated heterocycles. The first-order chi connectivity index (χ1) is 15.8. The molecule has 2 aromatic heterocycles. The Morgan fingerprint density at radius 2 is 1.70 bits per heavy atom. The highest BCUT2D eigenvalue weighted by atomic mass is 32.1. The molecule has 5 nitrogen and oxygen atoms in total. The predicted octanol–water partition coefficient (Wildman–Crippen LogP) is 6.55. The molecule has 0 aliphatic carbocycles. The normalized spacial score (nSPS) is 15.8. The van der Waals surface area contributed by atoms with Gasteiger partial charge in [0, 0.05) is 40.6 Å². The van der Waals surface area contributed by atoms with Crippen molar-refractivity contribution in [3.05, 3.63) is 69.7 Å². The molecule has 3 aromatic rings. The van der Waals surface area contributed by atoms with Crippen molar-refractivity contribution < 1.29 is 19.1 Å². The van der Waals surface area contributed by atoms with Gasteiger partial charge in [0.1, 0.15) is 17.6 Å². The first kappa shape index (κ1) is 23.5. The van der Waals surface area contributed by atoms with Crippen molar-refractivity contribution in [2.75, 3.05) is 13.1 Å². The Bertz CT molecular complexity index is 1060. The SMILES string of the molecule is CC(C)(C)OC(=O)N1CCC(OC(=O)C(c2cccs2)c2ccc(-c3ccccc3)s2)CC1. The quantitative estimate of drug-likeness (QED) is 0.386. The molecular weight excluding hydrogens is 454 g/mol. The second-order valence-electron chi connectivity index (χ2n) is 9.12. The third-order valence-electron chi connectivity index (χ3n) is 5.41. The molecule has 1 unspecified atom stereocenters. The number of hydrogen-bond acceptors (Lipinski definition) is 6. The standard InChI is InChI=1S/C26H29NO4S2/c1-26(2,3)31-25(29)27-15-13-19(14-16-27)30-24(28)23(21-10-7-17-32-21)22-12-11-20(33-22)18-8-5-4-6-9-18/h4-12,17,19,23H,13-16H2,1-3H3. The summed E-state index contributed by atoms with van der Waals surface area (Å²) in [6.45, 7) is 6.62. The van der Waals surface area contributed by atoms with Crippen molar-refractivity contribution in [3.63, 3.8) is 0 Å². The fourth-order valence-electron chi connectivity index (χ4n) is 3.81. The van der Waals surface area contributed by atoms with E-state index in [9.17, 15) is 9.59 Å². The first-order valence-corrected chi connectivity index (χ1v) is 12.9. The number of carbonyl (C=O) groups is 2. The van der Waals surface area contributed by atoms with E-state index < -0.39 is 11.5 Å². The Labute approximate surface area is 203 Å². The van der Waals surface area contributed by atoms with Gasteiger partial charge in [-0.2, -0.15) is 0 Å². The molecule has 3 heterocycles. The van der Waals surface area contributed by atoms with Crippen LogP contribution >= 0.6 is 22.7 Å². The topological polar surface area (TPSA) is 55.8 Å². The molecule has 4 rings (SSSR count). The molecule has 1 atom stereocenters. The van der Waals surface area contributed by atoms with Gasteiger partial charge in [0.25, 0.3) is 0 Å². The molecule has 0 radical (unpaired) electrons. The molecule has 1 aromatic carbocycles. The maximum Gasteiger partial charge on any atom is 0.410 e. The summed E-state index contributed by atoms with van der Waals surface area (Å²) in [5.41, 5.74) is 0.620. The molecular formula is C26H29NO4S2. The Morgan fingerprint density at radius 1 is 0.970 bits per heavy atom. The molecule has 0 bridgehead atoms. The lowest BCUT2D eigenvalue weighted by atomic mass is 10.0. The smallest absolute Gasteiger partial charge is 0.410 e. The van der Waals surface area contributed by atoms with Gasteiger partial charge in [-0.15, -0.1) is 22.7 Å². The zero-order valence-electron chi connectivity index (χ0n) is 19.2. The van der Waals surface area contributed by atoms with Gasteiger partial charge in [-0.3, -0.25) is 4.79 Å². The zero-order valence-corrected chi connectivity index (χ0v) is 20.8. The minimum Gasteiger partial charge on any atom is -0.461 e. The van der Waals surface area contributed by atoms with Crippen molar-refractivity contribution in [1.29, 1.82) is 0 Å². The van der Waals surface area contributed by atoms with Crippen LogP contribution in [0.25, 0.3) is 10.4 Å². The van der Waals surface area contributed by atoms with Crippen molar-refractivity contribution in [2.24, 2.45) is 0 Å². The number of carbonyl (C=O) groups excluding carboxylic acids is 2. The lowest BCUT2D eigenvalue weighted by molar-refractivity contribution is -0.151. The maximum atomic E-state index is 13.3. The van der Waals surface area contributed by atoms with Crippen LogP contribution in [0.4, 0.5) is 4.79 Å². The van der Waals surface area contributed by atoms with Crippen LogP contribution in [0.3, 0.4) is 0 Å². The van der Waals surface area contributed by atoms with Crippen molar-refractivity contribution in [2.45, 2.75) is 51.2 Å². The summed E-state index contributed by atoms with van der Waals surface area (Å²) in [5, 5.41) is 1.99. The predicted molar refractivity (Wildman–Crippen MR) is 133 cm³/mol. The monoisotopic (exact) mass is 483 g/mol. The summed E-state index contributed by atoms with van der Waals surface area (Å²) >= 11 is 3.20. The van der Waals surface area contributed by atoms with Crippen molar-refractivity contribution in [3.8, 4) is 10.4 Å².